The molecule has 3 rings (SSSR count). The Morgan fingerprint density at radius 3 is 2.67 bits per heavy atom. The van der Waals surface area contributed by atoms with Crippen LogP contribution in [-0.4, -0.2) is 35.7 Å². The summed E-state index contributed by atoms with van der Waals surface area (Å²) in [6.45, 7) is 0.308. The van der Waals surface area contributed by atoms with E-state index in [0.717, 1.165) is 4.47 Å². The Labute approximate surface area is 117 Å². The van der Waals surface area contributed by atoms with Crippen LogP contribution in [0.3, 0.4) is 0 Å². The molecule has 0 amide bonds. The van der Waals surface area contributed by atoms with Crippen LogP contribution in [-0.2, 0) is 0 Å². The van der Waals surface area contributed by atoms with Crippen molar-refractivity contribution in [1.82, 2.24) is 4.90 Å². The molecule has 4 atom stereocenters. The molecule has 2 nitrogen and oxygen atoms in total. The maximum atomic E-state index is 9.78. The molecular weight excluding hydrogens is 290 g/mol. The molecule has 1 N–H and O–H groups in total. The van der Waals surface area contributed by atoms with Crippen molar-refractivity contribution in [2.45, 2.75) is 37.3 Å². The average Bonchev–Trinajstić information content (AvgIpc) is 2.63. The van der Waals surface area contributed by atoms with Gasteiger partial charge < -0.3 is 10.0 Å². The van der Waals surface area contributed by atoms with Crippen molar-refractivity contribution in [3.63, 3.8) is 0 Å². The first-order valence-corrected chi connectivity index (χ1v) is 7.58. The van der Waals surface area contributed by atoms with Gasteiger partial charge in [0.1, 0.15) is 0 Å². The number of nitrogens with zero attached hydrogens (tertiary/aromatic N) is 1. The number of aliphatic hydroxyl groups excluding tert-OH is 1. The van der Waals surface area contributed by atoms with E-state index in [0.29, 0.717) is 30.5 Å². The Kier molecular flexibility index (Phi) is 3.48. The standard InChI is InChI=1S/C15H20BrNO/c1-17-12-6-7-15(17)14(9-18)13(8-12)10-2-4-11(16)5-3-10/h2-5,12-15,18H,6-9H2,1H3/t12?,13?,14-,15?/m0/s1. The van der Waals surface area contributed by atoms with E-state index in [2.05, 4.69) is 52.1 Å². The van der Waals surface area contributed by atoms with Gasteiger partial charge in [0.15, 0.2) is 0 Å². The fourth-order valence-electron chi connectivity index (χ4n) is 3.92. The van der Waals surface area contributed by atoms with Gasteiger partial charge in [0.05, 0.1) is 0 Å². The molecule has 18 heavy (non-hydrogen) atoms. The summed E-state index contributed by atoms with van der Waals surface area (Å²) in [5.74, 6) is 0.923. The number of benzene rings is 1. The van der Waals surface area contributed by atoms with E-state index in [4.69, 9.17) is 0 Å². The second-order valence-corrected chi connectivity index (χ2v) is 6.62. The number of halogens is 1. The van der Waals surface area contributed by atoms with E-state index >= 15 is 0 Å². The maximum Gasteiger partial charge on any atom is 0.0480 e. The third kappa shape index (κ3) is 2.02. The molecular formula is C15H20BrNO. The SMILES string of the molecule is CN1C2CCC1[C@@H](CO)C(c1ccc(Br)cc1)C2. The quantitative estimate of drug-likeness (QED) is 0.908. The molecule has 0 aliphatic carbocycles. The first kappa shape index (κ1) is 12.6. The molecule has 2 aliphatic heterocycles. The smallest absolute Gasteiger partial charge is 0.0480 e. The summed E-state index contributed by atoms with van der Waals surface area (Å²) in [6, 6.07) is 9.94. The lowest BCUT2D eigenvalue weighted by Crippen LogP contribution is -2.47. The molecule has 0 saturated carbocycles. The van der Waals surface area contributed by atoms with Crippen LogP contribution in [0.1, 0.15) is 30.7 Å². The molecule has 1 aromatic rings. The van der Waals surface area contributed by atoms with E-state index in [1.807, 2.05) is 0 Å². The van der Waals surface area contributed by atoms with Gasteiger partial charge in [0, 0.05) is 29.1 Å². The van der Waals surface area contributed by atoms with Gasteiger partial charge in [-0.15, -0.1) is 0 Å². The van der Waals surface area contributed by atoms with E-state index in [9.17, 15) is 5.11 Å². The van der Waals surface area contributed by atoms with Crippen LogP contribution in [0.4, 0.5) is 0 Å². The van der Waals surface area contributed by atoms with Crippen LogP contribution >= 0.6 is 15.9 Å². The largest absolute Gasteiger partial charge is 0.396 e. The van der Waals surface area contributed by atoms with Gasteiger partial charge in [0.25, 0.3) is 0 Å². The van der Waals surface area contributed by atoms with Gasteiger partial charge in [0.2, 0.25) is 0 Å². The summed E-state index contributed by atoms with van der Waals surface area (Å²) in [7, 11) is 2.22. The monoisotopic (exact) mass is 309 g/mol. The lowest BCUT2D eigenvalue weighted by molar-refractivity contribution is 0.0592. The van der Waals surface area contributed by atoms with E-state index in [-0.39, 0.29) is 0 Å². The van der Waals surface area contributed by atoms with Crippen molar-refractivity contribution in [2.75, 3.05) is 13.7 Å². The van der Waals surface area contributed by atoms with Crippen LogP contribution in [0.15, 0.2) is 28.7 Å². The number of aliphatic hydroxyl groups is 1. The highest BCUT2D eigenvalue weighted by atomic mass is 79.9. The van der Waals surface area contributed by atoms with Crippen molar-refractivity contribution >= 4 is 15.9 Å². The summed E-state index contributed by atoms with van der Waals surface area (Å²) < 4.78 is 1.13. The van der Waals surface area contributed by atoms with Gasteiger partial charge in [-0.1, -0.05) is 28.1 Å². The number of hydrogen-bond donors (Lipinski definition) is 1. The summed E-state index contributed by atoms with van der Waals surface area (Å²) >= 11 is 3.49. The Morgan fingerprint density at radius 2 is 2.00 bits per heavy atom. The molecule has 0 spiro atoms. The van der Waals surface area contributed by atoms with Gasteiger partial charge in [-0.3, -0.25) is 0 Å². The number of piperidine rings is 1. The van der Waals surface area contributed by atoms with Crippen LogP contribution in [0.25, 0.3) is 0 Å². The minimum absolute atomic E-state index is 0.308. The van der Waals surface area contributed by atoms with Crippen molar-refractivity contribution < 1.29 is 5.11 Å². The fourth-order valence-corrected chi connectivity index (χ4v) is 4.18. The number of rotatable bonds is 2. The second kappa shape index (κ2) is 4.95. The minimum atomic E-state index is 0.308. The third-order valence-electron chi connectivity index (χ3n) is 4.94. The molecule has 98 valence electrons. The molecule has 2 saturated heterocycles. The predicted octanol–water partition coefficient (Wildman–Crippen LogP) is 3.01. The van der Waals surface area contributed by atoms with Gasteiger partial charge in [-0.2, -0.15) is 0 Å². The van der Waals surface area contributed by atoms with Crippen LogP contribution in [0.2, 0.25) is 0 Å². The van der Waals surface area contributed by atoms with Crippen LogP contribution < -0.4 is 0 Å². The van der Waals surface area contributed by atoms with E-state index in [1.54, 1.807) is 0 Å². The van der Waals surface area contributed by atoms with Crippen molar-refractivity contribution in [3.05, 3.63) is 34.3 Å². The zero-order valence-corrected chi connectivity index (χ0v) is 12.3. The number of hydrogen-bond acceptors (Lipinski definition) is 2. The Bertz CT molecular complexity index is 419. The van der Waals surface area contributed by atoms with Crippen LogP contribution in [0.5, 0.6) is 0 Å². The summed E-state index contributed by atoms with van der Waals surface area (Å²) in [4.78, 5) is 2.50. The Hall–Kier alpha value is -0.380. The molecule has 2 bridgehead atoms. The second-order valence-electron chi connectivity index (χ2n) is 5.70. The normalized spacial score (nSPS) is 35.9. The first-order valence-electron chi connectivity index (χ1n) is 6.79. The Balaban J connectivity index is 1.89. The van der Waals surface area contributed by atoms with Crippen LogP contribution in [0, 0.1) is 5.92 Å². The average molecular weight is 310 g/mol. The Morgan fingerprint density at radius 1 is 1.28 bits per heavy atom. The number of fused-ring (bicyclic) bond motifs is 2. The van der Waals surface area contributed by atoms with Gasteiger partial charge in [-0.25, -0.2) is 0 Å². The van der Waals surface area contributed by atoms with E-state index in [1.165, 1.54) is 24.8 Å². The highest BCUT2D eigenvalue weighted by molar-refractivity contribution is 9.10. The molecule has 1 aromatic carbocycles. The first-order chi connectivity index (χ1) is 8.70. The third-order valence-corrected chi connectivity index (χ3v) is 5.47. The maximum absolute atomic E-state index is 9.78. The molecule has 2 aliphatic rings. The highest BCUT2D eigenvalue weighted by Crippen LogP contribution is 2.45. The van der Waals surface area contributed by atoms with Crippen molar-refractivity contribution in [1.29, 1.82) is 0 Å². The summed E-state index contributed by atoms with van der Waals surface area (Å²) in [6.07, 6.45) is 3.74. The fraction of sp³-hybridized carbons (Fsp3) is 0.600. The lowest BCUT2D eigenvalue weighted by atomic mass is 9.76. The topological polar surface area (TPSA) is 23.5 Å². The molecule has 3 heteroatoms. The minimum Gasteiger partial charge on any atom is -0.396 e. The predicted molar refractivity (Wildman–Crippen MR) is 76.6 cm³/mol. The molecule has 3 unspecified atom stereocenters. The van der Waals surface area contributed by atoms with E-state index < -0.39 is 0 Å². The van der Waals surface area contributed by atoms with Crippen molar-refractivity contribution in [2.24, 2.45) is 5.92 Å². The van der Waals surface area contributed by atoms with Gasteiger partial charge in [-0.05, 0) is 49.9 Å². The molecule has 2 heterocycles. The molecule has 0 aromatic heterocycles. The summed E-state index contributed by atoms with van der Waals surface area (Å²) in [5.41, 5.74) is 1.39. The highest BCUT2D eigenvalue weighted by Gasteiger charge is 2.45. The molecule has 2 fully saturated rings. The summed E-state index contributed by atoms with van der Waals surface area (Å²) in [5, 5.41) is 9.78. The lowest BCUT2D eigenvalue weighted by Gasteiger charge is -2.42. The van der Waals surface area contributed by atoms with Gasteiger partial charge >= 0.3 is 0 Å². The zero-order chi connectivity index (χ0) is 12.7. The zero-order valence-electron chi connectivity index (χ0n) is 10.7. The van der Waals surface area contributed by atoms with Crippen molar-refractivity contribution in [3.8, 4) is 0 Å². The molecule has 0 radical (unpaired) electrons.